The maximum atomic E-state index is 10.7. The summed E-state index contributed by atoms with van der Waals surface area (Å²) < 4.78 is 9.60. The first-order chi connectivity index (χ1) is 16.4. The van der Waals surface area contributed by atoms with Crippen molar-refractivity contribution in [1.82, 2.24) is 0 Å². The average Bonchev–Trinajstić information content (AvgIpc) is 3.64. The first-order valence-corrected chi connectivity index (χ1v) is 13.7. The molecule has 5 heteroatoms. The molecule has 0 amide bonds. The Morgan fingerprint density at radius 3 is 1.50 bits per heavy atom. The lowest BCUT2D eigenvalue weighted by Gasteiger charge is -2.04. The fraction of sp³-hybridized carbons (Fsp3) is 0.793. The Bertz CT molecular complexity index is 551. The summed E-state index contributed by atoms with van der Waals surface area (Å²) in [7, 11) is 0. The Hall–Kier alpha value is -1.62. The number of carboxylic acid groups (broad SMARTS) is 1. The van der Waals surface area contributed by atoms with Gasteiger partial charge in [-0.25, -0.2) is 9.59 Å². The highest BCUT2D eigenvalue weighted by Crippen LogP contribution is 2.15. The van der Waals surface area contributed by atoms with E-state index < -0.39 is 5.97 Å². The number of unbranched alkanes of at least 4 members (excludes halogenated alkanes) is 16. The van der Waals surface area contributed by atoms with E-state index in [9.17, 15) is 9.59 Å². The van der Waals surface area contributed by atoms with Crippen LogP contribution in [0.25, 0.3) is 0 Å². The number of esters is 1. The Kier molecular flexibility index (Phi) is 22.0. The van der Waals surface area contributed by atoms with Crippen molar-refractivity contribution in [2.75, 3.05) is 13.2 Å². The van der Waals surface area contributed by atoms with E-state index in [1.54, 1.807) is 6.92 Å². The van der Waals surface area contributed by atoms with Crippen LogP contribution in [0.5, 0.6) is 0 Å². The van der Waals surface area contributed by atoms with Gasteiger partial charge in [-0.2, -0.15) is 0 Å². The Balaban J connectivity index is 0.000000896. The van der Waals surface area contributed by atoms with Gasteiger partial charge in [0.25, 0.3) is 0 Å². The van der Waals surface area contributed by atoms with E-state index in [2.05, 4.69) is 20.1 Å². The predicted molar refractivity (Wildman–Crippen MR) is 141 cm³/mol. The minimum atomic E-state index is -0.841. The fourth-order valence-corrected chi connectivity index (χ4v) is 3.63. The molecule has 0 bridgehead atoms. The summed E-state index contributed by atoms with van der Waals surface area (Å²) in [5.41, 5.74) is 0.789. The Morgan fingerprint density at radius 2 is 1.18 bits per heavy atom. The first kappa shape index (κ1) is 32.4. The zero-order valence-corrected chi connectivity index (χ0v) is 22.2. The summed E-state index contributed by atoms with van der Waals surface area (Å²) in [6.45, 7) is 12.0. The summed E-state index contributed by atoms with van der Waals surface area (Å²) in [5.74, 6) is -1.18. The Labute approximate surface area is 209 Å². The van der Waals surface area contributed by atoms with Crippen molar-refractivity contribution in [3.05, 3.63) is 24.3 Å². The van der Waals surface area contributed by atoms with Gasteiger partial charge in [0.1, 0.15) is 12.7 Å². The number of hydrogen-bond acceptors (Lipinski definition) is 4. The molecule has 1 aliphatic heterocycles. The van der Waals surface area contributed by atoms with Crippen LogP contribution in [0, 0.1) is 0 Å². The lowest BCUT2D eigenvalue weighted by Crippen LogP contribution is -2.09. The van der Waals surface area contributed by atoms with Gasteiger partial charge in [0.15, 0.2) is 0 Å². The fourth-order valence-electron chi connectivity index (χ4n) is 3.63. The first-order valence-electron chi connectivity index (χ1n) is 13.7. The van der Waals surface area contributed by atoms with E-state index in [1.807, 2.05) is 0 Å². The highest BCUT2D eigenvalue weighted by atomic mass is 16.6. The molecule has 1 N–H and O–H groups in total. The van der Waals surface area contributed by atoms with Crippen molar-refractivity contribution in [2.45, 2.75) is 136 Å². The second-order valence-corrected chi connectivity index (χ2v) is 9.65. The number of ether oxygens (including phenoxy) is 2. The third kappa shape index (κ3) is 23.5. The molecule has 1 unspecified atom stereocenters. The van der Waals surface area contributed by atoms with E-state index in [4.69, 9.17) is 14.6 Å². The molecule has 1 rings (SSSR count). The van der Waals surface area contributed by atoms with Gasteiger partial charge in [-0.3, -0.25) is 0 Å². The van der Waals surface area contributed by atoms with Crippen molar-refractivity contribution in [1.29, 1.82) is 0 Å². The quantitative estimate of drug-likeness (QED) is 0.0731. The van der Waals surface area contributed by atoms with Crippen molar-refractivity contribution < 1.29 is 24.2 Å². The number of hydrogen-bond donors (Lipinski definition) is 1. The molecule has 1 heterocycles. The van der Waals surface area contributed by atoms with Crippen molar-refractivity contribution in [2.24, 2.45) is 0 Å². The molecule has 0 aromatic carbocycles. The maximum Gasteiger partial charge on any atom is 0.333 e. The number of epoxide rings is 1. The summed E-state index contributed by atoms with van der Waals surface area (Å²) in [6, 6.07) is 0. The molecule has 5 nitrogen and oxygen atoms in total. The zero-order chi connectivity index (χ0) is 25.4. The molecule has 0 aliphatic carbocycles. The SMILES string of the molecule is C=C(C)C(=O)OCC1CO1.C=C(CCCCCCCCCCCCCCCCCCC)C(=O)O. The normalized spacial score (nSPS) is 14.1. The van der Waals surface area contributed by atoms with Crippen LogP contribution in [0.3, 0.4) is 0 Å². The smallest absolute Gasteiger partial charge is 0.333 e. The topological polar surface area (TPSA) is 76.1 Å². The molecule has 0 aromatic rings. The van der Waals surface area contributed by atoms with Crippen LogP contribution in [-0.2, 0) is 19.1 Å². The van der Waals surface area contributed by atoms with Gasteiger partial charge in [-0.15, -0.1) is 0 Å². The standard InChI is InChI=1S/C22H42O2.C7H10O3/c1-3-4-5-6-7-8-9-10-11-12-13-14-15-16-17-18-19-20-21(2)22(23)24;1-5(2)7(8)10-4-6-3-9-6/h2-20H2,1H3,(H,23,24);6H,1,3-4H2,2H3. The van der Waals surface area contributed by atoms with Gasteiger partial charge >= 0.3 is 11.9 Å². The van der Waals surface area contributed by atoms with Crippen LogP contribution in [0.4, 0.5) is 0 Å². The van der Waals surface area contributed by atoms with Gasteiger partial charge in [-0.1, -0.05) is 123 Å². The lowest BCUT2D eigenvalue weighted by molar-refractivity contribution is -0.139. The van der Waals surface area contributed by atoms with E-state index in [1.165, 1.54) is 96.3 Å². The molecule has 1 atom stereocenters. The molecule has 1 fully saturated rings. The summed E-state index contributed by atoms with van der Waals surface area (Å²) >= 11 is 0. The van der Waals surface area contributed by atoms with Crippen molar-refractivity contribution in [3.8, 4) is 0 Å². The van der Waals surface area contributed by atoms with Crippen LogP contribution < -0.4 is 0 Å². The van der Waals surface area contributed by atoms with Crippen LogP contribution >= 0.6 is 0 Å². The van der Waals surface area contributed by atoms with Crippen LogP contribution in [0.1, 0.15) is 129 Å². The van der Waals surface area contributed by atoms with E-state index >= 15 is 0 Å². The minimum Gasteiger partial charge on any atom is -0.478 e. The van der Waals surface area contributed by atoms with Gasteiger partial charge in [0.05, 0.1) is 6.61 Å². The third-order valence-corrected chi connectivity index (χ3v) is 6.04. The molecule has 198 valence electrons. The van der Waals surface area contributed by atoms with E-state index in [0.29, 0.717) is 30.8 Å². The maximum absolute atomic E-state index is 10.7. The molecule has 1 saturated heterocycles. The highest BCUT2D eigenvalue weighted by molar-refractivity contribution is 5.87. The monoisotopic (exact) mass is 480 g/mol. The molecule has 0 spiro atoms. The number of rotatable bonds is 22. The second kappa shape index (κ2) is 23.1. The predicted octanol–water partition coefficient (Wildman–Crippen LogP) is 8.17. The number of aliphatic carboxylic acids is 1. The summed E-state index contributed by atoms with van der Waals surface area (Å²) in [4.78, 5) is 21.3. The third-order valence-electron chi connectivity index (χ3n) is 6.04. The van der Waals surface area contributed by atoms with Gasteiger partial charge < -0.3 is 14.6 Å². The van der Waals surface area contributed by atoms with Crippen LogP contribution in [-0.4, -0.2) is 36.4 Å². The molecule has 1 aliphatic rings. The van der Waals surface area contributed by atoms with Crippen LogP contribution in [0.2, 0.25) is 0 Å². The summed E-state index contributed by atoms with van der Waals surface area (Å²) in [6.07, 6.45) is 23.8. The zero-order valence-electron chi connectivity index (χ0n) is 22.2. The van der Waals surface area contributed by atoms with Gasteiger partial charge in [0.2, 0.25) is 0 Å². The second-order valence-electron chi connectivity index (χ2n) is 9.65. The highest BCUT2D eigenvalue weighted by Gasteiger charge is 2.24. The molecular weight excluding hydrogens is 428 g/mol. The van der Waals surface area contributed by atoms with Crippen molar-refractivity contribution in [3.63, 3.8) is 0 Å². The average molecular weight is 481 g/mol. The summed E-state index contributed by atoms with van der Waals surface area (Å²) in [5, 5.41) is 8.72. The molecule has 34 heavy (non-hydrogen) atoms. The largest absolute Gasteiger partial charge is 0.478 e. The van der Waals surface area contributed by atoms with Gasteiger partial charge in [-0.05, 0) is 19.8 Å². The van der Waals surface area contributed by atoms with Crippen LogP contribution in [0.15, 0.2) is 24.3 Å². The Morgan fingerprint density at radius 1 is 0.794 bits per heavy atom. The van der Waals surface area contributed by atoms with Gasteiger partial charge in [0, 0.05) is 11.1 Å². The molecule has 0 saturated carbocycles. The molecular formula is C29H52O5. The van der Waals surface area contributed by atoms with Crippen molar-refractivity contribution >= 4 is 11.9 Å². The molecule has 0 radical (unpaired) electrons. The number of carbonyl (C=O) groups is 2. The lowest BCUT2D eigenvalue weighted by atomic mass is 10.0. The van der Waals surface area contributed by atoms with E-state index in [-0.39, 0.29) is 12.1 Å². The number of carboxylic acids is 1. The minimum absolute atomic E-state index is 0.142. The number of carbonyl (C=O) groups excluding carboxylic acids is 1. The van der Waals surface area contributed by atoms with E-state index in [0.717, 1.165) is 12.8 Å². The molecule has 0 aromatic heterocycles.